The maximum atomic E-state index is 12.2. The van der Waals surface area contributed by atoms with Crippen LogP contribution in [0.5, 0.6) is 5.88 Å². The zero-order chi connectivity index (χ0) is 19.9. The molecule has 3 heterocycles. The molecule has 1 amide bonds. The molecule has 0 saturated heterocycles. The molecule has 0 aliphatic heterocycles. The molecular weight excluding hydrogens is 360 g/mol. The van der Waals surface area contributed by atoms with E-state index >= 15 is 0 Å². The second kappa shape index (κ2) is 8.80. The summed E-state index contributed by atoms with van der Waals surface area (Å²) in [5.74, 6) is 2.65. The third-order valence-electron chi connectivity index (χ3n) is 3.71. The molecule has 146 valence electrons. The molecule has 3 aromatic rings. The first-order chi connectivity index (χ1) is 13.5. The van der Waals surface area contributed by atoms with Crippen molar-refractivity contribution in [2.45, 2.75) is 6.92 Å². The van der Waals surface area contributed by atoms with Crippen molar-refractivity contribution in [3.05, 3.63) is 48.0 Å². The lowest BCUT2D eigenvalue weighted by molar-refractivity contribution is 0.0952. The first kappa shape index (κ1) is 19.1. The molecule has 10 heteroatoms. The second-order valence-corrected chi connectivity index (χ2v) is 5.93. The molecule has 0 aliphatic carbocycles. The van der Waals surface area contributed by atoms with Crippen LogP contribution >= 0.6 is 0 Å². The lowest BCUT2D eigenvalue weighted by atomic mass is 10.3. The van der Waals surface area contributed by atoms with Gasteiger partial charge in [-0.2, -0.15) is 0 Å². The average Bonchev–Trinajstić information content (AvgIpc) is 3.06. The molecule has 0 saturated carbocycles. The third kappa shape index (κ3) is 4.93. The number of hydrogen-bond acceptors (Lipinski definition) is 8. The molecule has 3 rings (SSSR count). The van der Waals surface area contributed by atoms with Gasteiger partial charge in [0.05, 0.1) is 7.11 Å². The van der Waals surface area contributed by atoms with E-state index in [-0.39, 0.29) is 5.91 Å². The summed E-state index contributed by atoms with van der Waals surface area (Å²) in [6, 6.07) is 7.38. The smallest absolute Gasteiger partial charge is 0.258 e. The van der Waals surface area contributed by atoms with Crippen LogP contribution in [0.3, 0.4) is 0 Å². The fourth-order valence-corrected chi connectivity index (χ4v) is 2.53. The Morgan fingerprint density at radius 1 is 1.18 bits per heavy atom. The van der Waals surface area contributed by atoms with E-state index in [2.05, 4.69) is 36.0 Å². The molecule has 0 radical (unpaired) electrons. The molecule has 3 aromatic heterocycles. The summed E-state index contributed by atoms with van der Waals surface area (Å²) >= 11 is 0. The van der Waals surface area contributed by atoms with Crippen LogP contribution in [-0.2, 0) is 7.05 Å². The Balaban J connectivity index is 1.54. The van der Waals surface area contributed by atoms with Crippen LogP contribution in [0.25, 0.3) is 0 Å². The van der Waals surface area contributed by atoms with Gasteiger partial charge in [0.15, 0.2) is 0 Å². The summed E-state index contributed by atoms with van der Waals surface area (Å²) in [5.41, 5.74) is 0.393. The lowest BCUT2D eigenvalue weighted by Gasteiger charge is -2.10. The van der Waals surface area contributed by atoms with Gasteiger partial charge in [-0.25, -0.2) is 15.0 Å². The number of hydrogen-bond donors (Lipinski definition) is 3. The van der Waals surface area contributed by atoms with Gasteiger partial charge in [0, 0.05) is 38.6 Å². The Hall–Kier alpha value is -3.69. The largest absolute Gasteiger partial charge is 0.479 e. The number of aromatic nitrogens is 5. The van der Waals surface area contributed by atoms with Crippen molar-refractivity contribution < 1.29 is 9.53 Å². The molecule has 0 atom stereocenters. The molecule has 0 fully saturated rings. The highest BCUT2D eigenvalue weighted by atomic mass is 16.5. The SMILES string of the molecule is COc1nn(C)cc1C(=O)NCCNc1cc(Nc2ccccn2)nc(C)n1. The maximum absolute atomic E-state index is 12.2. The first-order valence-corrected chi connectivity index (χ1v) is 8.68. The van der Waals surface area contributed by atoms with E-state index in [1.165, 1.54) is 11.8 Å². The molecule has 0 bridgehead atoms. The minimum Gasteiger partial charge on any atom is -0.479 e. The van der Waals surface area contributed by atoms with Gasteiger partial charge in [-0.1, -0.05) is 6.07 Å². The number of amides is 1. The monoisotopic (exact) mass is 382 g/mol. The fourth-order valence-electron chi connectivity index (χ4n) is 2.53. The summed E-state index contributed by atoms with van der Waals surface area (Å²) in [7, 11) is 3.21. The number of ether oxygens (including phenoxy) is 1. The molecule has 28 heavy (non-hydrogen) atoms. The number of anilines is 3. The molecular formula is C18H22N8O2. The standard InChI is InChI=1S/C18H22N8O2/c1-12-22-15(10-16(23-12)24-14-6-4-5-7-19-14)20-8-9-21-17(27)13-11-26(2)25-18(13)28-3/h4-7,10-11H,8-9H2,1-3H3,(H,21,27)(H2,19,20,22,23,24). The molecule has 0 unspecified atom stereocenters. The summed E-state index contributed by atoms with van der Waals surface area (Å²) in [4.78, 5) is 25.2. The number of rotatable bonds is 8. The van der Waals surface area contributed by atoms with Crippen LogP contribution in [-0.4, -0.2) is 50.8 Å². The highest BCUT2D eigenvalue weighted by molar-refractivity contribution is 5.96. The highest BCUT2D eigenvalue weighted by Gasteiger charge is 2.15. The molecule has 0 aliphatic rings. The quantitative estimate of drug-likeness (QED) is 0.502. The molecule has 0 aromatic carbocycles. The molecule has 3 N–H and O–H groups in total. The summed E-state index contributed by atoms with van der Waals surface area (Å²) in [6.45, 7) is 2.71. The average molecular weight is 382 g/mol. The van der Waals surface area contributed by atoms with Crippen LogP contribution < -0.4 is 20.7 Å². The Bertz CT molecular complexity index is 942. The van der Waals surface area contributed by atoms with E-state index in [0.717, 1.165) is 0 Å². The van der Waals surface area contributed by atoms with Crippen LogP contribution in [0.15, 0.2) is 36.7 Å². The highest BCUT2D eigenvalue weighted by Crippen LogP contribution is 2.16. The zero-order valence-corrected chi connectivity index (χ0v) is 15.9. The van der Waals surface area contributed by atoms with Crippen LogP contribution in [0.4, 0.5) is 17.5 Å². The first-order valence-electron chi connectivity index (χ1n) is 8.68. The lowest BCUT2D eigenvalue weighted by Crippen LogP contribution is -2.29. The Morgan fingerprint density at radius 3 is 2.75 bits per heavy atom. The Labute approximate surface area is 162 Å². The normalized spacial score (nSPS) is 10.4. The number of carbonyl (C=O) groups is 1. The van der Waals surface area contributed by atoms with Gasteiger partial charge in [0.25, 0.3) is 5.91 Å². The van der Waals surface area contributed by atoms with E-state index in [0.29, 0.717) is 47.8 Å². The van der Waals surface area contributed by atoms with E-state index in [4.69, 9.17) is 4.74 Å². The van der Waals surface area contributed by atoms with E-state index in [1.54, 1.807) is 25.5 Å². The van der Waals surface area contributed by atoms with Gasteiger partial charge in [-0.3, -0.25) is 9.48 Å². The maximum Gasteiger partial charge on any atom is 0.258 e. The molecule has 10 nitrogen and oxygen atoms in total. The predicted octanol–water partition coefficient (Wildman–Crippen LogP) is 1.51. The number of carbonyl (C=O) groups excluding carboxylic acids is 1. The number of nitrogens with one attached hydrogen (secondary N) is 3. The van der Waals surface area contributed by atoms with E-state index < -0.39 is 0 Å². The topological polar surface area (TPSA) is 119 Å². The van der Waals surface area contributed by atoms with Crippen LogP contribution in [0.1, 0.15) is 16.2 Å². The molecule has 0 spiro atoms. The van der Waals surface area contributed by atoms with Gasteiger partial charge >= 0.3 is 0 Å². The number of methoxy groups -OCH3 is 1. The van der Waals surface area contributed by atoms with Crippen molar-refractivity contribution in [1.29, 1.82) is 0 Å². The summed E-state index contributed by atoms with van der Waals surface area (Å²) < 4.78 is 6.63. The summed E-state index contributed by atoms with van der Waals surface area (Å²) in [5, 5.41) is 13.2. The Morgan fingerprint density at radius 2 is 2.00 bits per heavy atom. The minimum absolute atomic E-state index is 0.247. The Kier molecular flexibility index (Phi) is 6.00. The van der Waals surface area contributed by atoms with Crippen molar-refractivity contribution in [2.75, 3.05) is 30.8 Å². The van der Waals surface area contributed by atoms with Gasteiger partial charge in [-0.05, 0) is 19.1 Å². The second-order valence-electron chi connectivity index (χ2n) is 5.93. The third-order valence-corrected chi connectivity index (χ3v) is 3.71. The van der Waals surface area contributed by atoms with E-state index in [1.807, 2.05) is 25.1 Å². The fraction of sp³-hybridized carbons (Fsp3) is 0.278. The summed E-state index contributed by atoms with van der Waals surface area (Å²) in [6.07, 6.45) is 3.32. The minimum atomic E-state index is -0.247. The van der Waals surface area contributed by atoms with Gasteiger partial charge in [-0.15, -0.1) is 5.10 Å². The number of nitrogens with zero attached hydrogens (tertiary/aromatic N) is 5. The zero-order valence-electron chi connectivity index (χ0n) is 15.9. The van der Waals surface area contributed by atoms with E-state index in [9.17, 15) is 4.79 Å². The predicted molar refractivity (Wildman–Crippen MR) is 105 cm³/mol. The number of pyridine rings is 1. The van der Waals surface area contributed by atoms with Crippen molar-refractivity contribution in [1.82, 2.24) is 30.0 Å². The van der Waals surface area contributed by atoms with Crippen molar-refractivity contribution in [3.8, 4) is 5.88 Å². The van der Waals surface area contributed by atoms with Gasteiger partial charge < -0.3 is 20.7 Å². The van der Waals surface area contributed by atoms with Gasteiger partial charge in [0.1, 0.15) is 28.8 Å². The van der Waals surface area contributed by atoms with Gasteiger partial charge in [0.2, 0.25) is 5.88 Å². The van der Waals surface area contributed by atoms with Crippen molar-refractivity contribution in [3.63, 3.8) is 0 Å². The van der Waals surface area contributed by atoms with Crippen molar-refractivity contribution >= 4 is 23.4 Å². The number of aryl methyl sites for hydroxylation is 2. The van der Waals surface area contributed by atoms with Crippen molar-refractivity contribution in [2.24, 2.45) is 7.05 Å². The van der Waals surface area contributed by atoms with Crippen LogP contribution in [0.2, 0.25) is 0 Å². The van der Waals surface area contributed by atoms with Crippen LogP contribution in [0, 0.1) is 6.92 Å².